The van der Waals surface area contributed by atoms with E-state index in [-0.39, 0.29) is 17.2 Å². The van der Waals surface area contributed by atoms with E-state index in [2.05, 4.69) is 0 Å². The van der Waals surface area contributed by atoms with Crippen molar-refractivity contribution in [2.45, 2.75) is 31.6 Å². The van der Waals surface area contributed by atoms with Crippen molar-refractivity contribution >= 4 is 24.0 Å². The largest absolute Gasteiger partial charge is 0.343 e. The van der Waals surface area contributed by atoms with Crippen LogP contribution < -0.4 is 0 Å². The third-order valence-corrected chi connectivity index (χ3v) is 2.88. The van der Waals surface area contributed by atoms with Crippen LogP contribution in [0.1, 0.15) is 20.3 Å². The molecule has 0 saturated heterocycles. The summed E-state index contributed by atoms with van der Waals surface area (Å²) in [4.78, 5) is 23.6. The number of hydrogen-bond donors (Lipinski definition) is 0. The topological polar surface area (TPSA) is 37.4 Å². The summed E-state index contributed by atoms with van der Waals surface area (Å²) in [6, 6.07) is 0.196. The molecular weight excluding hydrogens is 186 g/mol. The lowest BCUT2D eigenvalue weighted by Crippen LogP contribution is -2.34. The second-order valence-corrected chi connectivity index (χ2v) is 4.29. The summed E-state index contributed by atoms with van der Waals surface area (Å²) in [5.41, 5.74) is 0. The van der Waals surface area contributed by atoms with Crippen molar-refractivity contribution in [3.05, 3.63) is 0 Å². The van der Waals surface area contributed by atoms with Gasteiger partial charge in [-0.1, -0.05) is 0 Å². The fourth-order valence-corrected chi connectivity index (χ4v) is 1.21. The maximum atomic E-state index is 11.5. The van der Waals surface area contributed by atoms with Gasteiger partial charge in [-0.05, 0) is 20.1 Å². The van der Waals surface area contributed by atoms with E-state index in [4.69, 9.17) is 0 Å². The number of hydrogen-bond acceptors (Lipinski definition) is 3. The molecule has 0 rings (SSSR count). The summed E-state index contributed by atoms with van der Waals surface area (Å²) >= 11 is 1.41. The maximum Gasteiger partial charge on any atom is 0.224 e. The van der Waals surface area contributed by atoms with E-state index >= 15 is 0 Å². The summed E-state index contributed by atoms with van der Waals surface area (Å²) in [7, 11) is 1.76. The van der Waals surface area contributed by atoms with Gasteiger partial charge in [-0.3, -0.25) is 4.79 Å². The zero-order chi connectivity index (χ0) is 10.4. The van der Waals surface area contributed by atoms with Gasteiger partial charge in [-0.2, -0.15) is 11.8 Å². The SMILES string of the molecule is CSC(C=O)CC(=O)N(C)C(C)C. The highest BCUT2D eigenvalue weighted by atomic mass is 32.2. The van der Waals surface area contributed by atoms with E-state index < -0.39 is 0 Å². The Morgan fingerprint density at radius 1 is 1.54 bits per heavy atom. The van der Waals surface area contributed by atoms with Crippen LogP contribution in [0.2, 0.25) is 0 Å². The molecule has 4 heteroatoms. The smallest absolute Gasteiger partial charge is 0.224 e. The van der Waals surface area contributed by atoms with E-state index in [1.54, 1.807) is 11.9 Å². The normalized spacial score (nSPS) is 12.7. The Balaban J connectivity index is 4.05. The molecule has 0 saturated carbocycles. The van der Waals surface area contributed by atoms with Crippen LogP contribution >= 0.6 is 11.8 Å². The lowest BCUT2D eigenvalue weighted by molar-refractivity contribution is -0.132. The molecule has 0 heterocycles. The molecule has 1 atom stereocenters. The maximum absolute atomic E-state index is 11.5. The highest BCUT2D eigenvalue weighted by molar-refractivity contribution is 7.99. The third-order valence-electron chi connectivity index (χ3n) is 2.00. The molecule has 0 spiro atoms. The van der Waals surface area contributed by atoms with E-state index in [0.29, 0.717) is 6.42 Å². The van der Waals surface area contributed by atoms with Crippen molar-refractivity contribution in [1.82, 2.24) is 4.90 Å². The first-order valence-corrected chi connectivity index (χ1v) is 5.55. The molecule has 13 heavy (non-hydrogen) atoms. The van der Waals surface area contributed by atoms with Crippen molar-refractivity contribution in [3.63, 3.8) is 0 Å². The molecule has 3 nitrogen and oxygen atoms in total. The number of nitrogens with zero attached hydrogens (tertiary/aromatic N) is 1. The van der Waals surface area contributed by atoms with Crippen LogP contribution in [-0.4, -0.2) is 41.7 Å². The van der Waals surface area contributed by atoms with E-state index in [9.17, 15) is 9.59 Å². The number of rotatable bonds is 5. The summed E-state index contributed by atoms with van der Waals surface area (Å²) in [6.45, 7) is 3.90. The van der Waals surface area contributed by atoms with Crippen molar-refractivity contribution in [3.8, 4) is 0 Å². The zero-order valence-electron chi connectivity index (χ0n) is 8.61. The Bertz CT molecular complexity index is 182. The number of carbonyl (C=O) groups is 2. The lowest BCUT2D eigenvalue weighted by Gasteiger charge is -2.22. The Kier molecular flexibility index (Phi) is 5.79. The molecule has 76 valence electrons. The fourth-order valence-electron chi connectivity index (χ4n) is 0.791. The minimum atomic E-state index is -0.200. The number of thioether (sulfide) groups is 1. The van der Waals surface area contributed by atoms with Crippen molar-refractivity contribution in [2.75, 3.05) is 13.3 Å². The Morgan fingerprint density at radius 2 is 2.08 bits per heavy atom. The number of amides is 1. The van der Waals surface area contributed by atoms with Gasteiger partial charge in [0.15, 0.2) is 0 Å². The standard InChI is InChI=1S/C9H17NO2S/c1-7(2)10(3)9(12)5-8(6-11)13-4/h6-8H,5H2,1-4H3. The third kappa shape index (κ3) is 4.31. The monoisotopic (exact) mass is 203 g/mol. The fraction of sp³-hybridized carbons (Fsp3) is 0.778. The van der Waals surface area contributed by atoms with Gasteiger partial charge in [0, 0.05) is 19.5 Å². The number of carbonyl (C=O) groups excluding carboxylic acids is 2. The van der Waals surface area contributed by atoms with E-state index in [0.717, 1.165) is 6.29 Å². The van der Waals surface area contributed by atoms with Crippen LogP contribution in [-0.2, 0) is 9.59 Å². The van der Waals surface area contributed by atoms with Gasteiger partial charge in [0.1, 0.15) is 6.29 Å². The molecule has 0 aliphatic rings. The molecule has 0 fully saturated rings. The van der Waals surface area contributed by atoms with Gasteiger partial charge in [0.2, 0.25) is 5.91 Å². The first-order valence-electron chi connectivity index (χ1n) is 4.26. The molecule has 0 aliphatic heterocycles. The molecule has 0 N–H and O–H groups in total. The molecule has 0 aromatic carbocycles. The minimum absolute atomic E-state index is 0.0291. The van der Waals surface area contributed by atoms with E-state index in [1.165, 1.54) is 11.8 Å². The number of aldehydes is 1. The highest BCUT2D eigenvalue weighted by Gasteiger charge is 2.16. The minimum Gasteiger partial charge on any atom is -0.343 e. The predicted molar refractivity (Wildman–Crippen MR) is 55.9 cm³/mol. The van der Waals surface area contributed by atoms with Crippen molar-refractivity contribution in [2.24, 2.45) is 0 Å². The van der Waals surface area contributed by atoms with Crippen molar-refractivity contribution < 1.29 is 9.59 Å². The van der Waals surface area contributed by atoms with Crippen LogP contribution in [0.5, 0.6) is 0 Å². The second-order valence-electron chi connectivity index (χ2n) is 3.21. The van der Waals surface area contributed by atoms with Gasteiger partial charge < -0.3 is 9.69 Å². The molecular formula is C9H17NO2S. The molecule has 0 aromatic rings. The average Bonchev–Trinajstić information content (AvgIpc) is 2.12. The second kappa shape index (κ2) is 6.02. The van der Waals surface area contributed by atoms with Gasteiger partial charge in [0.25, 0.3) is 0 Å². The molecule has 0 aromatic heterocycles. The summed E-state index contributed by atoms with van der Waals surface area (Å²) in [5, 5.41) is -0.200. The first-order chi connectivity index (χ1) is 6.02. The molecule has 0 radical (unpaired) electrons. The molecule has 0 bridgehead atoms. The van der Waals surface area contributed by atoms with Crippen LogP contribution in [0, 0.1) is 0 Å². The highest BCUT2D eigenvalue weighted by Crippen LogP contribution is 2.10. The van der Waals surface area contributed by atoms with Gasteiger partial charge in [0.05, 0.1) is 5.25 Å². The Labute approximate surface area is 83.9 Å². The summed E-state index contributed by atoms with van der Waals surface area (Å²) in [6.07, 6.45) is 2.97. The van der Waals surface area contributed by atoms with E-state index in [1.807, 2.05) is 20.1 Å². The van der Waals surface area contributed by atoms with Gasteiger partial charge in [-0.25, -0.2) is 0 Å². The zero-order valence-corrected chi connectivity index (χ0v) is 9.43. The molecule has 1 amide bonds. The summed E-state index contributed by atoms with van der Waals surface area (Å²) < 4.78 is 0. The van der Waals surface area contributed by atoms with Gasteiger partial charge >= 0.3 is 0 Å². The predicted octanol–water partition coefficient (Wildman–Crippen LogP) is 1.17. The summed E-state index contributed by atoms with van der Waals surface area (Å²) in [5.74, 6) is 0.0291. The quantitative estimate of drug-likeness (QED) is 0.630. The molecule has 0 aliphatic carbocycles. The van der Waals surface area contributed by atoms with Crippen LogP contribution in [0.4, 0.5) is 0 Å². The first kappa shape index (κ1) is 12.5. The Hall–Kier alpha value is -0.510. The average molecular weight is 203 g/mol. The van der Waals surface area contributed by atoms with Crippen molar-refractivity contribution in [1.29, 1.82) is 0 Å². The van der Waals surface area contributed by atoms with Gasteiger partial charge in [-0.15, -0.1) is 0 Å². The Morgan fingerprint density at radius 3 is 2.38 bits per heavy atom. The van der Waals surface area contributed by atoms with Crippen LogP contribution in [0.25, 0.3) is 0 Å². The van der Waals surface area contributed by atoms with Crippen LogP contribution in [0.15, 0.2) is 0 Å². The lowest BCUT2D eigenvalue weighted by atomic mass is 10.2. The molecule has 1 unspecified atom stereocenters. The van der Waals surface area contributed by atoms with Crippen LogP contribution in [0.3, 0.4) is 0 Å².